The van der Waals surface area contributed by atoms with Gasteiger partial charge in [0.1, 0.15) is 0 Å². The Bertz CT molecular complexity index is 755. The first-order valence-electron chi connectivity index (χ1n) is 6.90. The Morgan fingerprint density at radius 1 is 1.12 bits per heavy atom. The first kappa shape index (κ1) is 19.3. The molecule has 0 amide bonds. The van der Waals surface area contributed by atoms with Crippen LogP contribution in [0.4, 0.5) is 13.2 Å². The van der Waals surface area contributed by atoms with Crippen LogP contribution in [0.2, 0.25) is 10.0 Å². The zero-order valence-electron chi connectivity index (χ0n) is 12.4. The summed E-state index contributed by atoms with van der Waals surface area (Å²) in [5, 5.41) is 0.192. The third-order valence-corrected chi connectivity index (χ3v) is 4.88. The molecule has 2 aromatic carbocycles. The van der Waals surface area contributed by atoms with Gasteiger partial charge in [0.25, 0.3) is 0 Å². The Balaban J connectivity index is 2.35. The molecule has 2 rings (SSSR count). The molecule has 1 nitrogen and oxygen atoms in total. The SMILES string of the molecule is Cc1cc(C(=O)CC(c2cc(Cl)cc(Cl)c2)C(F)(F)F)ccc1Br. The summed E-state index contributed by atoms with van der Waals surface area (Å²) in [7, 11) is 0. The van der Waals surface area contributed by atoms with Gasteiger partial charge < -0.3 is 0 Å². The van der Waals surface area contributed by atoms with E-state index in [0.29, 0.717) is 0 Å². The molecule has 0 heterocycles. The third-order valence-electron chi connectivity index (χ3n) is 3.55. The summed E-state index contributed by atoms with van der Waals surface area (Å²) in [6.07, 6.45) is -5.30. The van der Waals surface area contributed by atoms with Crippen LogP contribution in [0.5, 0.6) is 0 Å². The van der Waals surface area contributed by atoms with Crippen LogP contribution < -0.4 is 0 Å². The van der Waals surface area contributed by atoms with Crippen LogP contribution in [0.25, 0.3) is 0 Å². The number of benzene rings is 2. The van der Waals surface area contributed by atoms with Gasteiger partial charge in [-0.2, -0.15) is 13.2 Å². The van der Waals surface area contributed by atoms with Crippen LogP contribution in [0, 0.1) is 6.92 Å². The number of hydrogen-bond donors (Lipinski definition) is 0. The summed E-state index contributed by atoms with van der Waals surface area (Å²) in [5.41, 5.74) is 0.885. The van der Waals surface area contributed by atoms with Crippen molar-refractivity contribution in [1.29, 1.82) is 0 Å². The predicted molar refractivity (Wildman–Crippen MR) is 93.1 cm³/mol. The van der Waals surface area contributed by atoms with Gasteiger partial charge in [0.15, 0.2) is 5.78 Å². The average Bonchev–Trinajstić information content (AvgIpc) is 2.45. The van der Waals surface area contributed by atoms with Crippen LogP contribution in [0.15, 0.2) is 40.9 Å². The number of hydrogen-bond acceptors (Lipinski definition) is 1. The van der Waals surface area contributed by atoms with E-state index in [0.717, 1.165) is 10.0 Å². The minimum atomic E-state index is -4.59. The van der Waals surface area contributed by atoms with Crippen molar-refractivity contribution in [3.05, 3.63) is 67.6 Å². The smallest absolute Gasteiger partial charge is 0.294 e. The lowest BCUT2D eigenvalue weighted by Crippen LogP contribution is -2.24. The molecule has 128 valence electrons. The van der Waals surface area contributed by atoms with Gasteiger partial charge in [-0.3, -0.25) is 4.79 Å². The molecule has 0 aliphatic carbocycles. The Morgan fingerprint density at radius 3 is 2.21 bits per heavy atom. The highest BCUT2D eigenvalue weighted by atomic mass is 79.9. The first-order chi connectivity index (χ1) is 11.1. The summed E-state index contributed by atoms with van der Waals surface area (Å²) in [6, 6.07) is 8.42. The van der Waals surface area contributed by atoms with E-state index in [1.54, 1.807) is 19.1 Å². The van der Waals surface area contributed by atoms with Crippen molar-refractivity contribution in [2.45, 2.75) is 25.4 Å². The number of aryl methyl sites for hydroxylation is 1. The third kappa shape index (κ3) is 4.74. The highest BCUT2D eigenvalue weighted by Gasteiger charge is 2.42. The van der Waals surface area contributed by atoms with Crippen molar-refractivity contribution in [3.63, 3.8) is 0 Å². The largest absolute Gasteiger partial charge is 0.396 e. The molecular weight excluding hydrogens is 428 g/mol. The lowest BCUT2D eigenvalue weighted by atomic mass is 9.90. The maximum Gasteiger partial charge on any atom is 0.396 e. The fourth-order valence-electron chi connectivity index (χ4n) is 2.32. The van der Waals surface area contributed by atoms with E-state index in [-0.39, 0.29) is 21.2 Å². The first-order valence-corrected chi connectivity index (χ1v) is 8.45. The van der Waals surface area contributed by atoms with E-state index < -0.39 is 24.3 Å². The average molecular weight is 440 g/mol. The second-order valence-electron chi connectivity index (χ2n) is 5.39. The summed E-state index contributed by atoms with van der Waals surface area (Å²) >= 11 is 14.9. The minimum Gasteiger partial charge on any atom is -0.294 e. The molecule has 2 aromatic rings. The zero-order chi connectivity index (χ0) is 18.1. The molecule has 0 saturated carbocycles. The summed E-state index contributed by atoms with van der Waals surface area (Å²) in [4.78, 5) is 12.3. The number of ketones is 1. The molecule has 24 heavy (non-hydrogen) atoms. The van der Waals surface area contributed by atoms with Gasteiger partial charge in [-0.05, 0) is 48.4 Å². The van der Waals surface area contributed by atoms with Gasteiger partial charge in [0.05, 0.1) is 5.92 Å². The molecule has 0 bridgehead atoms. The Labute approximate surface area is 155 Å². The van der Waals surface area contributed by atoms with E-state index >= 15 is 0 Å². The topological polar surface area (TPSA) is 17.1 Å². The number of carbonyl (C=O) groups excluding carboxylic acids is 1. The van der Waals surface area contributed by atoms with Crippen molar-refractivity contribution < 1.29 is 18.0 Å². The molecule has 1 atom stereocenters. The van der Waals surface area contributed by atoms with Crippen molar-refractivity contribution in [1.82, 2.24) is 0 Å². The molecule has 0 fully saturated rings. The van der Waals surface area contributed by atoms with Gasteiger partial charge in [0.2, 0.25) is 0 Å². The highest BCUT2D eigenvalue weighted by molar-refractivity contribution is 9.10. The number of carbonyl (C=O) groups is 1. The molecule has 0 aromatic heterocycles. The number of alkyl halides is 3. The molecule has 7 heteroatoms. The molecule has 0 radical (unpaired) electrons. The Kier molecular flexibility index (Phi) is 6.00. The van der Waals surface area contributed by atoms with Gasteiger partial charge in [-0.25, -0.2) is 0 Å². The van der Waals surface area contributed by atoms with Crippen LogP contribution in [0.3, 0.4) is 0 Å². The van der Waals surface area contributed by atoms with Crippen molar-refractivity contribution in [2.24, 2.45) is 0 Å². The normalized spacial score (nSPS) is 13.0. The summed E-state index contributed by atoms with van der Waals surface area (Å²) < 4.78 is 41.1. The summed E-state index contributed by atoms with van der Waals surface area (Å²) in [6.45, 7) is 1.76. The number of halogens is 6. The van der Waals surface area contributed by atoms with E-state index in [1.165, 1.54) is 24.3 Å². The van der Waals surface area contributed by atoms with E-state index in [4.69, 9.17) is 23.2 Å². The van der Waals surface area contributed by atoms with Crippen LogP contribution >= 0.6 is 39.1 Å². The van der Waals surface area contributed by atoms with Gasteiger partial charge in [-0.1, -0.05) is 45.2 Å². The van der Waals surface area contributed by atoms with Gasteiger partial charge >= 0.3 is 6.18 Å². The monoisotopic (exact) mass is 438 g/mol. The van der Waals surface area contributed by atoms with Crippen molar-refractivity contribution in [3.8, 4) is 0 Å². The van der Waals surface area contributed by atoms with Crippen molar-refractivity contribution in [2.75, 3.05) is 0 Å². The van der Waals surface area contributed by atoms with E-state index in [2.05, 4.69) is 15.9 Å². The van der Waals surface area contributed by atoms with Gasteiger partial charge in [0, 0.05) is 26.5 Å². The van der Waals surface area contributed by atoms with Crippen LogP contribution in [-0.4, -0.2) is 12.0 Å². The number of Topliss-reactive ketones (excluding diaryl/α,β-unsaturated/α-hetero) is 1. The van der Waals surface area contributed by atoms with E-state index in [9.17, 15) is 18.0 Å². The minimum absolute atomic E-state index is 0.0960. The fourth-order valence-corrected chi connectivity index (χ4v) is 3.11. The molecular formula is C17H12BrCl2F3O. The standard InChI is InChI=1S/C17H12BrCl2F3O/c1-9-4-10(2-3-15(9)18)16(24)8-14(17(21,22)23)11-5-12(19)7-13(20)6-11/h2-7,14H,8H2,1H3. The van der Waals surface area contributed by atoms with Gasteiger partial charge in [-0.15, -0.1) is 0 Å². The Hall–Kier alpha value is -1.04. The van der Waals surface area contributed by atoms with Crippen LogP contribution in [-0.2, 0) is 0 Å². The molecule has 0 saturated heterocycles. The molecule has 0 aliphatic rings. The second-order valence-corrected chi connectivity index (χ2v) is 7.12. The zero-order valence-corrected chi connectivity index (χ0v) is 15.5. The maximum atomic E-state index is 13.4. The maximum absolute atomic E-state index is 13.4. The highest BCUT2D eigenvalue weighted by Crippen LogP contribution is 2.40. The summed E-state index contributed by atoms with van der Waals surface area (Å²) in [5.74, 6) is -2.56. The quantitative estimate of drug-likeness (QED) is 0.469. The molecule has 0 spiro atoms. The number of rotatable bonds is 4. The van der Waals surface area contributed by atoms with Crippen LogP contribution in [0.1, 0.15) is 33.8 Å². The van der Waals surface area contributed by atoms with Crippen molar-refractivity contribution >= 4 is 44.9 Å². The molecule has 0 aliphatic heterocycles. The molecule has 1 unspecified atom stereocenters. The lowest BCUT2D eigenvalue weighted by molar-refractivity contribution is -0.149. The fraction of sp³-hybridized carbons (Fsp3) is 0.235. The lowest BCUT2D eigenvalue weighted by Gasteiger charge is -2.21. The second kappa shape index (κ2) is 7.46. The molecule has 0 N–H and O–H groups in total. The Morgan fingerprint density at radius 2 is 1.71 bits per heavy atom. The predicted octanol–water partition coefficient (Wildman–Crippen LogP) is 6.98. The van der Waals surface area contributed by atoms with E-state index in [1.807, 2.05) is 0 Å².